The van der Waals surface area contributed by atoms with Gasteiger partial charge in [-0.15, -0.1) is 0 Å². The van der Waals surface area contributed by atoms with Crippen LogP contribution in [0.15, 0.2) is 29.6 Å². The predicted molar refractivity (Wildman–Crippen MR) is 95.0 cm³/mol. The Balaban J connectivity index is 1.54. The van der Waals surface area contributed by atoms with Crippen molar-refractivity contribution in [3.63, 3.8) is 0 Å². The maximum atomic E-state index is 5.64. The molecule has 0 radical (unpaired) electrons. The SMILES string of the molecule is CCOc1ccnc(CSc2nc3cc4c(cc3[nH]2)OCC4)c1C. The van der Waals surface area contributed by atoms with Crippen molar-refractivity contribution in [2.24, 2.45) is 0 Å². The Morgan fingerprint density at radius 3 is 3.17 bits per heavy atom. The van der Waals surface area contributed by atoms with Gasteiger partial charge in [0.2, 0.25) is 0 Å². The van der Waals surface area contributed by atoms with Crippen molar-refractivity contribution in [1.82, 2.24) is 15.0 Å². The van der Waals surface area contributed by atoms with Crippen LogP contribution in [-0.4, -0.2) is 28.2 Å². The number of hydrogen-bond donors (Lipinski definition) is 1. The maximum absolute atomic E-state index is 5.64. The van der Waals surface area contributed by atoms with E-state index in [-0.39, 0.29) is 0 Å². The summed E-state index contributed by atoms with van der Waals surface area (Å²) >= 11 is 1.65. The first kappa shape index (κ1) is 15.3. The molecule has 1 aliphatic rings. The third-order valence-corrected chi connectivity index (χ3v) is 5.06. The summed E-state index contributed by atoms with van der Waals surface area (Å²) in [7, 11) is 0. The lowest BCUT2D eigenvalue weighted by molar-refractivity contribution is 0.337. The van der Waals surface area contributed by atoms with Gasteiger partial charge in [0.15, 0.2) is 5.16 Å². The van der Waals surface area contributed by atoms with Gasteiger partial charge >= 0.3 is 0 Å². The molecule has 0 atom stereocenters. The Kier molecular flexibility index (Phi) is 4.06. The highest BCUT2D eigenvalue weighted by molar-refractivity contribution is 7.98. The van der Waals surface area contributed by atoms with Gasteiger partial charge in [0.1, 0.15) is 11.5 Å². The molecule has 0 aliphatic carbocycles. The third-order valence-electron chi connectivity index (χ3n) is 4.18. The van der Waals surface area contributed by atoms with E-state index in [1.54, 1.807) is 18.0 Å². The summed E-state index contributed by atoms with van der Waals surface area (Å²) in [4.78, 5) is 12.5. The number of benzene rings is 1. The van der Waals surface area contributed by atoms with Crippen LogP contribution in [0.1, 0.15) is 23.7 Å². The minimum absolute atomic E-state index is 0.660. The molecule has 24 heavy (non-hydrogen) atoms. The standard InChI is InChI=1S/C18H19N3O2S/c1-3-22-16-4-6-19-15(11(16)2)10-24-18-20-13-8-12-5-7-23-17(12)9-14(13)21-18/h4,6,8-9H,3,5,7,10H2,1-2H3,(H,20,21). The molecule has 2 aromatic heterocycles. The normalized spacial score (nSPS) is 13.1. The minimum atomic E-state index is 0.660. The van der Waals surface area contributed by atoms with Crippen molar-refractivity contribution >= 4 is 22.8 Å². The number of hydrogen-bond acceptors (Lipinski definition) is 5. The van der Waals surface area contributed by atoms with Gasteiger partial charge in [0.25, 0.3) is 0 Å². The van der Waals surface area contributed by atoms with E-state index in [4.69, 9.17) is 9.47 Å². The molecule has 0 spiro atoms. The average molecular weight is 341 g/mol. The second-order valence-corrected chi connectivity index (χ2v) is 6.68. The molecule has 3 heterocycles. The van der Waals surface area contributed by atoms with Crippen molar-refractivity contribution in [2.75, 3.05) is 13.2 Å². The molecule has 1 aliphatic heterocycles. The van der Waals surface area contributed by atoms with Gasteiger partial charge in [0.05, 0.1) is 29.9 Å². The molecule has 5 nitrogen and oxygen atoms in total. The minimum Gasteiger partial charge on any atom is -0.493 e. The second-order valence-electron chi connectivity index (χ2n) is 5.72. The van der Waals surface area contributed by atoms with E-state index in [0.29, 0.717) is 6.61 Å². The number of fused-ring (bicyclic) bond motifs is 2. The monoisotopic (exact) mass is 341 g/mol. The fourth-order valence-electron chi connectivity index (χ4n) is 2.88. The van der Waals surface area contributed by atoms with Gasteiger partial charge in [-0.2, -0.15) is 0 Å². The first-order valence-corrected chi connectivity index (χ1v) is 9.08. The number of pyridine rings is 1. The summed E-state index contributed by atoms with van der Waals surface area (Å²) in [5.41, 5.74) is 5.38. The topological polar surface area (TPSA) is 60.0 Å². The second kappa shape index (κ2) is 6.36. The highest BCUT2D eigenvalue weighted by Crippen LogP contribution is 2.32. The summed E-state index contributed by atoms with van der Waals surface area (Å²) in [6, 6.07) is 6.08. The summed E-state index contributed by atoms with van der Waals surface area (Å²) in [6.45, 7) is 5.47. The van der Waals surface area contributed by atoms with Gasteiger partial charge in [0, 0.05) is 30.0 Å². The summed E-state index contributed by atoms with van der Waals surface area (Å²) in [5.74, 6) is 2.63. The summed E-state index contributed by atoms with van der Waals surface area (Å²) in [6.07, 6.45) is 2.77. The number of H-pyrrole nitrogens is 1. The summed E-state index contributed by atoms with van der Waals surface area (Å²) < 4.78 is 11.3. The highest BCUT2D eigenvalue weighted by Gasteiger charge is 2.15. The Labute approximate surface area is 144 Å². The van der Waals surface area contributed by atoms with Crippen LogP contribution in [0.5, 0.6) is 11.5 Å². The molecule has 0 saturated heterocycles. The molecule has 0 amide bonds. The zero-order chi connectivity index (χ0) is 16.5. The van der Waals surface area contributed by atoms with Crippen molar-refractivity contribution in [2.45, 2.75) is 31.2 Å². The van der Waals surface area contributed by atoms with Crippen LogP contribution in [0.3, 0.4) is 0 Å². The first-order chi connectivity index (χ1) is 11.7. The smallest absolute Gasteiger partial charge is 0.166 e. The number of thioether (sulfide) groups is 1. The average Bonchev–Trinajstić information content (AvgIpc) is 3.18. The maximum Gasteiger partial charge on any atom is 0.166 e. The van der Waals surface area contributed by atoms with Crippen molar-refractivity contribution in [3.05, 3.63) is 41.2 Å². The number of aromatic amines is 1. The van der Waals surface area contributed by atoms with E-state index in [0.717, 1.165) is 57.7 Å². The zero-order valence-electron chi connectivity index (χ0n) is 13.8. The van der Waals surface area contributed by atoms with E-state index < -0.39 is 0 Å². The molecule has 0 bridgehead atoms. The quantitative estimate of drug-likeness (QED) is 0.713. The molecule has 3 aromatic rings. The first-order valence-electron chi connectivity index (χ1n) is 8.10. The largest absolute Gasteiger partial charge is 0.493 e. The van der Waals surface area contributed by atoms with E-state index in [9.17, 15) is 0 Å². The van der Waals surface area contributed by atoms with Crippen LogP contribution >= 0.6 is 11.8 Å². The molecular formula is C18H19N3O2S. The fourth-order valence-corrected chi connectivity index (χ4v) is 3.79. The lowest BCUT2D eigenvalue weighted by Gasteiger charge is -2.09. The number of imidazole rings is 1. The van der Waals surface area contributed by atoms with E-state index in [2.05, 4.69) is 27.9 Å². The Morgan fingerprint density at radius 2 is 2.29 bits per heavy atom. The predicted octanol–water partition coefficient (Wildman–Crippen LogP) is 3.89. The van der Waals surface area contributed by atoms with Crippen molar-refractivity contribution in [3.8, 4) is 11.5 Å². The number of nitrogens with one attached hydrogen (secondary N) is 1. The van der Waals surface area contributed by atoms with Gasteiger partial charge in [-0.1, -0.05) is 11.8 Å². The third kappa shape index (κ3) is 2.82. The lowest BCUT2D eigenvalue weighted by Crippen LogP contribution is -1.99. The molecule has 124 valence electrons. The van der Waals surface area contributed by atoms with Crippen LogP contribution in [0.25, 0.3) is 11.0 Å². The molecule has 4 rings (SSSR count). The van der Waals surface area contributed by atoms with Crippen LogP contribution < -0.4 is 9.47 Å². The number of ether oxygens (including phenoxy) is 2. The fraction of sp³-hybridized carbons (Fsp3) is 0.333. The lowest BCUT2D eigenvalue weighted by atomic mass is 10.1. The van der Waals surface area contributed by atoms with Crippen molar-refractivity contribution < 1.29 is 9.47 Å². The Hall–Kier alpha value is -2.21. The van der Waals surface area contributed by atoms with Gasteiger partial charge in [-0.05, 0) is 31.5 Å². The Bertz CT molecular complexity index is 850. The van der Waals surface area contributed by atoms with Gasteiger partial charge < -0.3 is 14.5 Å². The number of rotatable bonds is 5. The number of aromatic nitrogens is 3. The molecule has 0 unspecified atom stereocenters. The van der Waals surface area contributed by atoms with Crippen LogP contribution in [0.4, 0.5) is 0 Å². The van der Waals surface area contributed by atoms with E-state index >= 15 is 0 Å². The molecule has 0 fully saturated rings. The van der Waals surface area contributed by atoms with Crippen LogP contribution in [0, 0.1) is 6.92 Å². The number of nitrogens with zero attached hydrogens (tertiary/aromatic N) is 2. The molecule has 6 heteroatoms. The Morgan fingerprint density at radius 1 is 1.38 bits per heavy atom. The zero-order valence-corrected chi connectivity index (χ0v) is 14.6. The van der Waals surface area contributed by atoms with E-state index in [1.807, 2.05) is 19.1 Å². The van der Waals surface area contributed by atoms with Crippen molar-refractivity contribution in [1.29, 1.82) is 0 Å². The highest BCUT2D eigenvalue weighted by atomic mass is 32.2. The van der Waals surface area contributed by atoms with Crippen LogP contribution in [0.2, 0.25) is 0 Å². The molecule has 1 N–H and O–H groups in total. The summed E-state index contributed by atoms with van der Waals surface area (Å²) in [5, 5.41) is 0.900. The van der Waals surface area contributed by atoms with Gasteiger partial charge in [-0.3, -0.25) is 4.98 Å². The van der Waals surface area contributed by atoms with Crippen LogP contribution in [-0.2, 0) is 12.2 Å². The van der Waals surface area contributed by atoms with E-state index in [1.165, 1.54) is 5.56 Å². The molecule has 1 aromatic carbocycles. The van der Waals surface area contributed by atoms with Gasteiger partial charge in [-0.25, -0.2) is 4.98 Å². The molecule has 0 saturated carbocycles. The molecular weight excluding hydrogens is 322 g/mol.